The van der Waals surface area contributed by atoms with E-state index in [1.54, 1.807) is 0 Å². The van der Waals surface area contributed by atoms with Crippen LogP contribution in [0.5, 0.6) is 0 Å². The normalized spacial score (nSPS) is 49.3. The van der Waals surface area contributed by atoms with Crippen LogP contribution in [-0.2, 0) is 33.5 Å². The van der Waals surface area contributed by atoms with Crippen molar-refractivity contribution in [3.63, 3.8) is 0 Å². The average Bonchev–Trinajstić information content (AvgIpc) is 2.82. The van der Waals surface area contributed by atoms with Gasteiger partial charge in [0.25, 0.3) is 0 Å². The second kappa shape index (κ2) is 7.50. The zero-order valence-corrected chi connectivity index (χ0v) is 14.0. The number of aliphatic hydroxyl groups excluding tert-OH is 5. The zero-order chi connectivity index (χ0) is 19.2. The van der Waals surface area contributed by atoms with Crippen LogP contribution in [0.3, 0.4) is 0 Å². The first kappa shape index (κ1) is 20.2. The Balaban J connectivity index is 1.81. The molecule has 3 aliphatic rings. The third-order valence-electron chi connectivity index (χ3n) is 4.43. The van der Waals surface area contributed by atoms with Crippen LogP contribution < -0.4 is 0 Å². The highest BCUT2D eigenvalue weighted by atomic mass is 32.3. The lowest BCUT2D eigenvalue weighted by Crippen LogP contribution is -2.63. The molecule has 14 heteroatoms. The lowest BCUT2D eigenvalue weighted by molar-refractivity contribution is -0.338. The van der Waals surface area contributed by atoms with Crippen LogP contribution in [0.15, 0.2) is 0 Å². The fraction of sp³-hybridized carbons (Fsp3) is 1.00. The van der Waals surface area contributed by atoms with Crippen molar-refractivity contribution in [1.82, 2.24) is 0 Å². The van der Waals surface area contributed by atoms with Gasteiger partial charge >= 0.3 is 10.4 Å². The smallest absolute Gasteiger partial charge is 0.394 e. The van der Waals surface area contributed by atoms with Crippen LogP contribution in [0.2, 0.25) is 0 Å². The van der Waals surface area contributed by atoms with E-state index in [0.29, 0.717) is 0 Å². The van der Waals surface area contributed by atoms with E-state index in [1.165, 1.54) is 0 Å². The summed E-state index contributed by atoms with van der Waals surface area (Å²) in [6.45, 7) is -0.864. The molecule has 0 amide bonds. The van der Waals surface area contributed by atoms with Crippen LogP contribution in [0.1, 0.15) is 0 Å². The van der Waals surface area contributed by atoms with E-state index >= 15 is 0 Å². The van der Waals surface area contributed by atoms with E-state index < -0.39 is 78.4 Å². The van der Waals surface area contributed by atoms with Crippen LogP contribution in [0.4, 0.5) is 0 Å². The Kier molecular flexibility index (Phi) is 5.84. The third-order valence-corrected chi connectivity index (χ3v) is 4.90. The Hall–Kier alpha value is -0.490. The summed E-state index contributed by atoms with van der Waals surface area (Å²) in [5.74, 6) is 0. The molecule has 0 saturated carbocycles. The molecule has 3 heterocycles. The van der Waals surface area contributed by atoms with Gasteiger partial charge in [-0.3, -0.25) is 4.55 Å². The van der Waals surface area contributed by atoms with Gasteiger partial charge in [0.05, 0.1) is 13.2 Å². The van der Waals surface area contributed by atoms with Gasteiger partial charge in [0.1, 0.15) is 48.8 Å². The van der Waals surface area contributed by atoms with Gasteiger partial charge in [-0.15, -0.1) is 0 Å². The fourth-order valence-electron chi connectivity index (χ4n) is 3.18. The van der Waals surface area contributed by atoms with Crippen molar-refractivity contribution < 1.29 is 61.6 Å². The van der Waals surface area contributed by atoms with Crippen LogP contribution in [0, 0.1) is 0 Å². The molecule has 0 radical (unpaired) electrons. The van der Waals surface area contributed by atoms with E-state index in [1.807, 2.05) is 0 Å². The van der Waals surface area contributed by atoms with Crippen molar-refractivity contribution in [2.75, 3.05) is 13.2 Å². The number of aliphatic hydroxyl groups is 5. The summed E-state index contributed by atoms with van der Waals surface area (Å²) in [7, 11) is -5.04. The second-order valence-corrected chi connectivity index (χ2v) is 7.20. The van der Waals surface area contributed by atoms with E-state index in [0.717, 1.165) is 0 Å². The maximum absolute atomic E-state index is 11.1. The van der Waals surface area contributed by atoms with Crippen molar-refractivity contribution in [2.45, 2.75) is 61.4 Å². The van der Waals surface area contributed by atoms with Gasteiger partial charge < -0.3 is 44.5 Å². The molecule has 10 atom stereocenters. The highest BCUT2D eigenvalue weighted by molar-refractivity contribution is 7.80. The standard InChI is InChI=1S/C12H20O13S/c13-1-3-8(25-26(18,19)20)10(6(15)11(17)22-3)24-12-7(16)9-5(14)4(23-12)2-21-9/h3-17H,1-2H2,(H,18,19,20). The average molecular weight is 404 g/mol. The Bertz CT molecular complexity index is 598. The van der Waals surface area contributed by atoms with Gasteiger partial charge in [-0.25, -0.2) is 4.18 Å². The first-order valence-electron chi connectivity index (χ1n) is 7.69. The predicted molar refractivity (Wildman–Crippen MR) is 75.7 cm³/mol. The summed E-state index contributed by atoms with van der Waals surface area (Å²) in [5.41, 5.74) is 0. The van der Waals surface area contributed by atoms with E-state index in [9.17, 15) is 34.0 Å². The topological polar surface area (TPSA) is 202 Å². The van der Waals surface area contributed by atoms with E-state index in [2.05, 4.69) is 4.18 Å². The minimum absolute atomic E-state index is 0.0219. The SMILES string of the molecule is O=S(=O)(O)OC1C(CO)OC(O)C(O)C1OC1OC2COC(C2O)C1O. The van der Waals surface area contributed by atoms with Crippen LogP contribution in [0.25, 0.3) is 0 Å². The van der Waals surface area contributed by atoms with Gasteiger partial charge in [0.15, 0.2) is 12.6 Å². The van der Waals surface area contributed by atoms with Crippen molar-refractivity contribution in [2.24, 2.45) is 0 Å². The molecular formula is C12H20O13S. The Morgan fingerprint density at radius 2 is 1.69 bits per heavy atom. The largest absolute Gasteiger partial charge is 0.397 e. The number of ether oxygens (including phenoxy) is 4. The molecule has 0 aliphatic carbocycles. The maximum atomic E-state index is 11.1. The van der Waals surface area contributed by atoms with Crippen LogP contribution in [-0.4, -0.2) is 113 Å². The molecule has 2 bridgehead atoms. The van der Waals surface area contributed by atoms with Crippen molar-refractivity contribution in [3.05, 3.63) is 0 Å². The number of hydrogen-bond donors (Lipinski definition) is 6. The Morgan fingerprint density at radius 1 is 1.00 bits per heavy atom. The van der Waals surface area contributed by atoms with Gasteiger partial charge in [-0.05, 0) is 0 Å². The number of rotatable bonds is 5. The first-order chi connectivity index (χ1) is 12.1. The molecule has 0 spiro atoms. The quantitative estimate of drug-likeness (QED) is 0.239. The summed E-state index contributed by atoms with van der Waals surface area (Å²) < 4.78 is 56.2. The molecule has 3 fully saturated rings. The minimum atomic E-state index is -5.04. The summed E-state index contributed by atoms with van der Waals surface area (Å²) in [6, 6.07) is 0. The molecule has 3 rings (SSSR count). The zero-order valence-electron chi connectivity index (χ0n) is 13.1. The summed E-state index contributed by atoms with van der Waals surface area (Å²) in [4.78, 5) is 0. The molecule has 152 valence electrons. The molecule has 0 aromatic rings. The summed E-state index contributed by atoms with van der Waals surface area (Å²) in [6.07, 6.45) is -14.6. The monoisotopic (exact) mass is 404 g/mol. The highest BCUT2D eigenvalue weighted by Gasteiger charge is 2.54. The van der Waals surface area contributed by atoms with Crippen molar-refractivity contribution in [1.29, 1.82) is 0 Å². The van der Waals surface area contributed by atoms with Gasteiger partial charge in [0, 0.05) is 0 Å². The molecule has 10 unspecified atom stereocenters. The highest BCUT2D eigenvalue weighted by Crippen LogP contribution is 2.33. The lowest BCUT2D eigenvalue weighted by Gasteiger charge is -2.44. The Labute approximate surface area is 147 Å². The number of fused-ring (bicyclic) bond motifs is 2. The van der Waals surface area contributed by atoms with Crippen LogP contribution >= 0.6 is 0 Å². The van der Waals surface area contributed by atoms with E-state index in [-0.39, 0.29) is 6.61 Å². The predicted octanol–water partition coefficient (Wildman–Crippen LogP) is -4.52. The maximum Gasteiger partial charge on any atom is 0.397 e. The fourth-order valence-corrected chi connectivity index (χ4v) is 3.69. The number of hydrogen-bond acceptors (Lipinski definition) is 12. The summed E-state index contributed by atoms with van der Waals surface area (Å²) in [5, 5.41) is 49.1. The molecule has 3 aliphatic heterocycles. The molecule has 0 aromatic heterocycles. The summed E-state index contributed by atoms with van der Waals surface area (Å²) >= 11 is 0. The van der Waals surface area contributed by atoms with Crippen molar-refractivity contribution >= 4 is 10.4 Å². The Morgan fingerprint density at radius 3 is 2.31 bits per heavy atom. The molecule has 13 nitrogen and oxygen atoms in total. The molecule has 3 saturated heterocycles. The molecule has 6 N–H and O–H groups in total. The van der Waals surface area contributed by atoms with Gasteiger partial charge in [-0.2, -0.15) is 8.42 Å². The first-order valence-corrected chi connectivity index (χ1v) is 9.05. The molecule has 0 aromatic carbocycles. The molecular weight excluding hydrogens is 384 g/mol. The van der Waals surface area contributed by atoms with Crippen molar-refractivity contribution in [3.8, 4) is 0 Å². The van der Waals surface area contributed by atoms with E-state index in [4.69, 9.17) is 23.5 Å². The van der Waals surface area contributed by atoms with Gasteiger partial charge in [-0.1, -0.05) is 0 Å². The molecule has 26 heavy (non-hydrogen) atoms. The van der Waals surface area contributed by atoms with Gasteiger partial charge in [0.2, 0.25) is 0 Å². The lowest BCUT2D eigenvalue weighted by atomic mass is 9.98. The second-order valence-electron chi connectivity index (χ2n) is 6.15. The third kappa shape index (κ3) is 3.87. The minimum Gasteiger partial charge on any atom is -0.394 e.